The second-order valence-corrected chi connectivity index (χ2v) is 4.56. The number of esters is 1. The summed E-state index contributed by atoms with van der Waals surface area (Å²) in [5, 5.41) is 10.3. The Morgan fingerprint density at radius 1 is 1.56 bits per heavy atom. The minimum Gasteiger partial charge on any atom is -0.512 e. The maximum Gasteiger partial charge on any atom is 0.345 e. The van der Waals surface area contributed by atoms with E-state index in [1.165, 1.54) is 18.0 Å². The van der Waals surface area contributed by atoms with Crippen LogP contribution in [0.5, 0.6) is 0 Å². The molecule has 0 unspecified atom stereocenters. The van der Waals surface area contributed by atoms with Crippen LogP contribution in [0.1, 0.15) is 27.2 Å². The maximum atomic E-state index is 11.8. The van der Waals surface area contributed by atoms with Gasteiger partial charge in [-0.2, -0.15) is 0 Å². The fourth-order valence-corrected chi connectivity index (χ4v) is 2.90. The van der Waals surface area contributed by atoms with Crippen LogP contribution in [0.15, 0.2) is 39.6 Å². The average molecular weight is 267 g/mol. The topological polar surface area (TPSA) is 58.9 Å². The number of aliphatic hydroxyl groups is 1. The zero-order chi connectivity index (χ0) is 13.7. The van der Waals surface area contributed by atoms with Crippen LogP contribution in [0.3, 0.4) is 0 Å². The SMILES string of the molecule is C=C/N=C1/SC(C(=O)OCC)=C(CC)/C1=C(/C)O. The molecular formula is C13H17NO3S. The van der Waals surface area contributed by atoms with E-state index in [4.69, 9.17) is 4.74 Å². The first kappa shape index (κ1) is 14.6. The molecule has 0 atom stereocenters. The van der Waals surface area contributed by atoms with Gasteiger partial charge >= 0.3 is 5.97 Å². The second kappa shape index (κ2) is 6.44. The minimum atomic E-state index is -0.368. The van der Waals surface area contributed by atoms with Gasteiger partial charge in [-0.3, -0.25) is 0 Å². The molecule has 1 N–H and O–H groups in total. The van der Waals surface area contributed by atoms with E-state index < -0.39 is 0 Å². The van der Waals surface area contributed by atoms with Crippen molar-refractivity contribution in [1.29, 1.82) is 0 Å². The molecule has 5 heteroatoms. The van der Waals surface area contributed by atoms with Gasteiger partial charge in [0, 0.05) is 11.8 Å². The van der Waals surface area contributed by atoms with Crippen molar-refractivity contribution in [2.24, 2.45) is 4.99 Å². The largest absolute Gasteiger partial charge is 0.512 e. The van der Waals surface area contributed by atoms with Gasteiger partial charge in [0.25, 0.3) is 0 Å². The highest BCUT2D eigenvalue weighted by Gasteiger charge is 2.32. The Morgan fingerprint density at radius 3 is 2.67 bits per heavy atom. The van der Waals surface area contributed by atoms with Crippen molar-refractivity contribution < 1.29 is 14.6 Å². The fourth-order valence-electron chi connectivity index (χ4n) is 1.70. The van der Waals surface area contributed by atoms with Crippen LogP contribution in [0.25, 0.3) is 0 Å². The first-order valence-electron chi connectivity index (χ1n) is 5.74. The molecule has 98 valence electrons. The molecule has 1 aliphatic heterocycles. The normalized spacial score (nSPS) is 20.3. The van der Waals surface area contributed by atoms with Crippen molar-refractivity contribution in [1.82, 2.24) is 0 Å². The van der Waals surface area contributed by atoms with E-state index in [0.717, 1.165) is 5.57 Å². The van der Waals surface area contributed by atoms with Crippen LogP contribution in [0.2, 0.25) is 0 Å². The Hall–Kier alpha value is -1.49. The van der Waals surface area contributed by atoms with E-state index >= 15 is 0 Å². The standard InChI is InChI=1S/C13H17NO3S/c1-5-9-10(8(4)15)12(14-6-2)18-11(9)13(16)17-7-3/h6,15H,2,5,7H2,1,3-4H3/b10-8+,14-12+. The molecule has 0 saturated heterocycles. The summed E-state index contributed by atoms with van der Waals surface area (Å²) in [6.07, 6.45) is 2.02. The maximum absolute atomic E-state index is 11.8. The lowest BCUT2D eigenvalue weighted by molar-refractivity contribution is -0.137. The molecule has 0 aromatic carbocycles. The van der Waals surface area contributed by atoms with Crippen molar-refractivity contribution >= 4 is 22.8 Å². The summed E-state index contributed by atoms with van der Waals surface area (Å²) < 4.78 is 5.01. The summed E-state index contributed by atoms with van der Waals surface area (Å²) >= 11 is 1.22. The van der Waals surface area contributed by atoms with Crippen LogP contribution in [0, 0.1) is 0 Å². The van der Waals surface area contributed by atoms with Crippen LogP contribution in [-0.4, -0.2) is 22.7 Å². The van der Waals surface area contributed by atoms with Gasteiger partial charge in [-0.25, -0.2) is 9.79 Å². The lowest BCUT2D eigenvalue weighted by Gasteiger charge is -2.05. The molecule has 0 fully saturated rings. The molecule has 0 aromatic heterocycles. The number of carbonyl (C=O) groups is 1. The van der Waals surface area contributed by atoms with Crippen molar-refractivity contribution in [3.63, 3.8) is 0 Å². The molecule has 0 aliphatic carbocycles. The zero-order valence-electron chi connectivity index (χ0n) is 10.8. The zero-order valence-corrected chi connectivity index (χ0v) is 11.6. The predicted molar refractivity (Wildman–Crippen MR) is 74.5 cm³/mol. The summed E-state index contributed by atoms with van der Waals surface area (Å²) in [6.45, 7) is 9.13. The number of aliphatic hydroxyl groups excluding tert-OH is 1. The van der Waals surface area contributed by atoms with Crippen LogP contribution >= 0.6 is 11.8 Å². The molecule has 0 amide bonds. The third-order valence-electron chi connectivity index (χ3n) is 2.37. The van der Waals surface area contributed by atoms with Gasteiger partial charge in [0.2, 0.25) is 0 Å². The van der Waals surface area contributed by atoms with Crippen molar-refractivity contribution in [3.8, 4) is 0 Å². The first-order chi connectivity index (χ1) is 8.56. The smallest absolute Gasteiger partial charge is 0.345 e. The number of aliphatic imine (C=N–C) groups is 1. The molecule has 18 heavy (non-hydrogen) atoms. The Kier molecular flexibility index (Phi) is 5.22. The Balaban J connectivity index is 3.28. The van der Waals surface area contributed by atoms with E-state index in [9.17, 15) is 9.90 Å². The number of carbonyl (C=O) groups excluding carboxylic acids is 1. The van der Waals surface area contributed by atoms with Crippen LogP contribution in [0.4, 0.5) is 0 Å². The molecule has 1 heterocycles. The number of nitrogens with zero attached hydrogens (tertiary/aromatic N) is 1. The highest BCUT2D eigenvalue weighted by Crippen LogP contribution is 2.41. The van der Waals surface area contributed by atoms with Crippen LogP contribution < -0.4 is 0 Å². The Labute approximate surface area is 111 Å². The number of thioether (sulfide) groups is 1. The van der Waals surface area contributed by atoms with Crippen molar-refractivity contribution in [3.05, 3.63) is 34.6 Å². The molecule has 1 aliphatic rings. The number of hydrogen-bond acceptors (Lipinski definition) is 5. The van der Waals surface area contributed by atoms with Gasteiger partial charge in [0.1, 0.15) is 9.95 Å². The fraction of sp³-hybridized carbons (Fsp3) is 0.385. The lowest BCUT2D eigenvalue weighted by Crippen LogP contribution is -2.05. The lowest BCUT2D eigenvalue weighted by atomic mass is 10.0. The average Bonchev–Trinajstić information content (AvgIpc) is 2.68. The molecule has 0 aromatic rings. The number of ether oxygens (including phenoxy) is 1. The molecule has 0 radical (unpaired) electrons. The summed E-state index contributed by atoms with van der Waals surface area (Å²) in [6, 6.07) is 0. The quantitative estimate of drug-likeness (QED) is 0.627. The van der Waals surface area contributed by atoms with Gasteiger partial charge in [0.15, 0.2) is 0 Å². The highest BCUT2D eigenvalue weighted by atomic mass is 32.2. The third kappa shape index (κ3) is 2.85. The van der Waals surface area contributed by atoms with Crippen LogP contribution in [-0.2, 0) is 9.53 Å². The summed E-state index contributed by atoms with van der Waals surface area (Å²) in [5.74, 6) is -0.216. The highest BCUT2D eigenvalue weighted by molar-refractivity contribution is 8.19. The van der Waals surface area contributed by atoms with Gasteiger partial charge in [0.05, 0.1) is 12.4 Å². The van der Waals surface area contributed by atoms with E-state index in [1.807, 2.05) is 6.92 Å². The van der Waals surface area contributed by atoms with Crippen molar-refractivity contribution in [2.75, 3.05) is 6.61 Å². The molecule has 4 nitrogen and oxygen atoms in total. The van der Waals surface area contributed by atoms with Crippen molar-refractivity contribution in [2.45, 2.75) is 27.2 Å². The summed E-state index contributed by atoms with van der Waals surface area (Å²) in [7, 11) is 0. The molecule has 0 saturated carbocycles. The Bertz CT molecular complexity index is 457. The molecule has 0 spiro atoms. The van der Waals surface area contributed by atoms with E-state index in [-0.39, 0.29) is 11.7 Å². The molecule has 0 bridgehead atoms. The van der Waals surface area contributed by atoms with Gasteiger partial charge in [-0.1, -0.05) is 25.3 Å². The summed E-state index contributed by atoms with van der Waals surface area (Å²) in [5.41, 5.74) is 1.39. The molecular weight excluding hydrogens is 250 g/mol. The number of hydrogen-bond donors (Lipinski definition) is 1. The Morgan fingerprint density at radius 2 is 2.22 bits per heavy atom. The minimum absolute atomic E-state index is 0.152. The molecule has 1 rings (SSSR count). The second-order valence-electron chi connectivity index (χ2n) is 3.56. The van der Waals surface area contributed by atoms with E-state index in [2.05, 4.69) is 11.6 Å². The summed E-state index contributed by atoms with van der Waals surface area (Å²) in [4.78, 5) is 16.4. The van der Waals surface area contributed by atoms with Gasteiger partial charge in [-0.15, -0.1) is 0 Å². The number of rotatable bonds is 4. The predicted octanol–water partition coefficient (Wildman–Crippen LogP) is 3.33. The van der Waals surface area contributed by atoms with Gasteiger partial charge < -0.3 is 9.84 Å². The first-order valence-corrected chi connectivity index (χ1v) is 6.55. The van der Waals surface area contributed by atoms with E-state index in [1.54, 1.807) is 13.8 Å². The third-order valence-corrected chi connectivity index (χ3v) is 3.49. The number of allylic oxidation sites excluding steroid dienone is 2. The van der Waals surface area contributed by atoms with Gasteiger partial charge in [-0.05, 0) is 25.8 Å². The monoisotopic (exact) mass is 267 g/mol. The van der Waals surface area contributed by atoms with E-state index in [0.29, 0.717) is 28.5 Å².